The van der Waals surface area contributed by atoms with Gasteiger partial charge in [-0.25, -0.2) is 4.39 Å². The molecular weight excluding hydrogens is 258 g/mol. The molecule has 2 aromatic rings. The van der Waals surface area contributed by atoms with E-state index in [-0.39, 0.29) is 11.2 Å². The Kier molecular flexibility index (Phi) is 3.54. The zero-order valence-electron chi connectivity index (χ0n) is 12.7. The maximum Gasteiger partial charge on any atom is 0.153 e. The topological polar surface area (TPSA) is 52.8 Å². The quantitative estimate of drug-likeness (QED) is 0.757. The molecule has 0 fully saturated rings. The zero-order chi connectivity index (χ0) is 15.1. The molecule has 5 nitrogen and oxygen atoms in total. The average molecular weight is 276 g/mol. The normalized spacial score (nSPS) is 11.7. The summed E-state index contributed by atoms with van der Waals surface area (Å²) < 4.78 is 21.7. The first-order chi connectivity index (χ1) is 9.27. The molecule has 7 heteroatoms. The molecule has 0 aliphatic heterocycles. The molecule has 0 aliphatic rings. The van der Waals surface area contributed by atoms with Crippen molar-refractivity contribution in [2.75, 3.05) is 7.11 Å². The van der Waals surface area contributed by atoms with Gasteiger partial charge in [-0.1, -0.05) is 20.8 Å². The van der Waals surface area contributed by atoms with Gasteiger partial charge in [0.25, 0.3) is 0 Å². The summed E-state index contributed by atoms with van der Waals surface area (Å²) in [7, 11) is 3.43. The molecule has 0 saturated carbocycles. The molecule has 0 spiro atoms. The van der Waals surface area contributed by atoms with Crippen LogP contribution in [-0.4, -0.2) is 35.2 Å². The fraction of sp³-hybridized carbons (Fsp3) is 0.462. The minimum absolute atomic E-state index is 0.305. The Balaban J connectivity index is 2.81. The molecule has 0 radical (unpaired) electrons. The van der Waals surface area contributed by atoms with E-state index in [2.05, 4.69) is 15.5 Å². The van der Waals surface area contributed by atoms with Crippen LogP contribution in [0, 0.1) is 12.7 Å². The zero-order valence-corrected chi connectivity index (χ0v) is 12.7. The molecule has 20 heavy (non-hydrogen) atoms. The van der Waals surface area contributed by atoms with E-state index in [1.807, 2.05) is 28.6 Å². The highest BCUT2D eigenvalue weighted by atomic mass is 19.1. The van der Waals surface area contributed by atoms with E-state index in [9.17, 15) is 4.39 Å². The molecule has 0 amide bonds. The third kappa shape index (κ3) is 2.28. The summed E-state index contributed by atoms with van der Waals surface area (Å²) >= 11 is 0. The number of methoxy groups -OCH3 is 1. The van der Waals surface area contributed by atoms with Gasteiger partial charge < -0.3 is 4.74 Å². The highest BCUT2D eigenvalue weighted by Crippen LogP contribution is 2.30. The van der Waals surface area contributed by atoms with E-state index in [4.69, 9.17) is 4.74 Å². The lowest BCUT2D eigenvalue weighted by molar-refractivity contribution is 0.413. The molecule has 1 heterocycles. The largest absolute Gasteiger partial charge is 0.497 e. The second kappa shape index (κ2) is 4.88. The molecule has 0 N–H and O–H groups in total. The molecule has 2 rings (SSSR count). The molecule has 1 aromatic carbocycles. The van der Waals surface area contributed by atoms with Crippen LogP contribution in [-0.2, 0) is 5.41 Å². The van der Waals surface area contributed by atoms with Crippen molar-refractivity contribution in [3.63, 3.8) is 0 Å². The molecule has 106 valence electrons. The molecule has 0 bridgehead atoms. The Labute approximate surface area is 118 Å². The van der Waals surface area contributed by atoms with Crippen molar-refractivity contribution in [2.24, 2.45) is 0 Å². The van der Waals surface area contributed by atoms with E-state index >= 15 is 0 Å². The smallest absolute Gasteiger partial charge is 0.153 e. The van der Waals surface area contributed by atoms with Crippen LogP contribution in [0.25, 0.3) is 5.69 Å². The van der Waals surface area contributed by atoms with Gasteiger partial charge in [0.1, 0.15) is 19.3 Å². The molecule has 0 atom stereocenters. The number of nitrogens with zero attached hydrogens (tertiary/aromatic N) is 4. The molecule has 0 saturated heterocycles. The Bertz CT molecular complexity index is 649. The van der Waals surface area contributed by atoms with Crippen molar-refractivity contribution in [1.29, 1.82) is 0 Å². The van der Waals surface area contributed by atoms with Gasteiger partial charge in [-0.15, -0.1) is 5.10 Å². The van der Waals surface area contributed by atoms with E-state index in [0.29, 0.717) is 22.8 Å². The Morgan fingerprint density at radius 3 is 2.45 bits per heavy atom. The van der Waals surface area contributed by atoms with Crippen molar-refractivity contribution in [3.8, 4) is 11.4 Å². The maximum atomic E-state index is 14.9. The minimum Gasteiger partial charge on any atom is -0.497 e. The number of tetrazole rings is 1. The van der Waals surface area contributed by atoms with Gasteiger partial charge >= 0.3 is 0 Å². The third-order valence-electron chi connectivity index (χ3n) is 3.28. The van der Waals surface area contributed by atoms with Gasteiger partial charge in [-0.05, 0) is 33.8 Å². The Morgan fingerprint density at radius 1 is 1.35 bits per heavy atom. The number of benzene rings is 1. The molecule has 1 aromatic heterocycles. The van der Waals surface area contributed by atoms with Gasteiger partial charge in [-0.2, -0.15) is 4.68 Å². The van der Waals surface area contributed by atoms with Gasteiger partial charge in [-0.3, -0.25) is 0 Å². The third-order valence-corrected chi connectivity index (χ3v) is 3.28. The lowest BCUT2D eigenvalue weighted by atomic mass is 9.76. The summed E-state index contributed by atoms with van der Waals surface area (Å²) in [5.74, 6) is 0.835. The van der Waals surface area contributed by atoms with Crippen molar-refractivity contribution in [1.82, 2.24) is 20.2 Å². The second-order valence-corrected chi connectivity index (χ2v) is 5.80. The van der Waals surface area contributed by atoms with Crippen LogP contribution in [0.4, 0.5) is 4.39 Å². The highest BCUT2D eigenvalue weighted by molar-refractivity contribution is 6.35. The number of hydrogen-bond acceptors (Lipinski definition) is 4. The monoisotopic (exact) mass is 276 g/mol. The standard InChI is InChI=1S/C13H18BFN4O/c1-7-16-17-18-19(7)8-6-9(20-5)11(14)10(12(8)15)13(2,3)4/h6H,14H2,1-5H3. The number of aryl methyl sites for hydroxylation is 1. The van der Waals surface area contributed by atoms with Crippen molar-refractivity contribution in [2.45, 2.75) is 33.1 Å². The second-order valence-electron chi connectivity index (χ2n) is 5.80. The van der Waals surface area contributed by atoms with Crippen LogP contribution in [0.3, 0.4) is 0 Å². The van der Waals surface area contributed by atoms with E-state index < -0.39 is 0 Å². The summed E-state index contributed by atoms with van der Waals surface area (Å²) in [4.78, 5) is 0. The van der Waals surface area contributed by atoms with Gasteiger partial charge in [0.05, 0.1) is 7.11 Å². The first-order valence-corrected chi connectivity index (χ1v) is 6.40. The predicted molar refractivity (Wildman–Crippen MR) is 77.3 cm³/mol. The van der Waals surface area contributed by atoms with Crippen molar-refractivity contribution < 1.29 is 9.13 Å². The van der Waals surface area contributed by atoms with Crippen molar-refractivity contribution >= 4 is 13.3 Å². The van der Waals surface area contributed by atoms with E-state index in [1.165, 1.54) is 4.68 Å². The van der Waals surface area contributed by atoms with Crippen molar-refractivity contribution in [3.05, 3.63) is 23.3 Å². The SMILES string of the molecule is Bc1c(OC)cc(-n2nnnc2C)c(F)c1C(C)(C)C. The van der Waals surface area contributed by atoms with Gasteiger partial charge in [0.15, 0.2) is 11.6 Å². The summed E-state index contributed by atoms with van der Waals surface area (Å²) in [6, 6.07) is 1.63. The molecule has 0 unspecified atom stereocenters. The molecular formula is C13H18BFN4O. The van der Waals surface area contributed by atoms with Gasteiger partial charge in [0.2, 0.25) is 0 Å². The number of aromatic nitrogens is 4. The van der Waals surface area contributed by atoms with Crippen LogP contribution < -0.4 is 10.2 Å². The minimum atomic E-state index is -0.348. The Hall–Kier alpha value is -1.92. The highest BCUT2D eigenvalue weighted by Gasteiger charge is 2.27. The summed E-state index contributed by atoms with van der Waals surface area (Å²) in [6.45, 7) is 7.62. The molecule has 0 aliphatic carbocycles. The van der Waals surface area contributed by atoms with Crippen LogP contribution in [0.1, 0.15) is 32.2 Å². The first-order valence-electron chi connectivity index (χ1n) is 6.40. The maximum absolute atomic E-state index is 14.9. The van der Waals surface area contributed by atoms with Crippen LogP contribution in [0.2, 0.25) is 0 Å². The fourth-order valence-electron chi connectivity index (χ4n) is 2.42. The summed E-state index contributed by atoms with van der Waals surface area (Å²) in [5.41, 5.74) is 1.37. The fourth-order valence-corrected chi connectivity index (χ4v) is 2.42. The Morgan fingerprint density at radius 2 is 2.00 bits per heavy atom. The van der Waals surface area contributed by atoms with Crippen LogP contribution >= 0.6 is 0 Å². The lowest BCUT2D eigenvalue weighted by Gasteiger charge is -2.25. The summed E-state index contributed by atoms with van der Waals surface area (Å²) in [5, 5.41) is 11.2. The predicted octanol–water partition coefficient (Wildman–Crippen LogP) is 0.674. The lowest BCUT2D eigenvalue weighted by Crippen LogP contribution is -2.28. The number of halogens is 1. The number of ether oxygens (including phenoxy) is 1. The van der Waals surface area contributed by atoms with Crippen LogP contribution in [0.5, 0.6) is 5.75 Å². The number of rotatable bonds is 2. The van der Waals surface area contributed by atoms with Gasteiger partial charge in [0, 0.05) is 6.07 Å². The summed E-state index contributed by atoms with van der Waals surface area (Å²) in [6.07, 6.45) is 0. The first kappa shape index (κ1) is 14.5. The number of hydrogen-bond donors (Lipinski definition) is 0. The van der Waals surface area contributed by atoms with Crippen LogP contribution in [0.15, 0.2) is 6.07 Å². The van der Waals surface area contributed by atoms with E-state index in [1.54, 1.807) is 20.1 Å². The van der Waals surface area contributed by atoms with E-state index in [0.717, 1.165) is 5.46 Å². The average Bonchev–Trinajstić information content (AvgIpc) is 2.74.